The maximum atomic E-state index is 11.7. The monoisotopic (exact) mass is 236 g/mol. The molecule has 0 saturated heterocycles. The third-order valence-corrected chi connectivity index (χ3v) is 2.26. The molecule has 0 saturated carbocycles. The number of nitrogens with zero attached hydrogens (tertiary/aromatic N) is 1. The first kappa shape index (κ1) is 10.7. The van der Waals surface area contributed by atoms with E-state index in [0.717, 1.165) is 5.56 Å². The van der Waals surface area contributed by atoms with Crippen LogP contribution in [0.1, 0.15) is 16.1 Å². The number of nitrogens with one attached hydrogen (secondary N) is 1. The molecule has 1 N–H and O–H groups in total. The summed E-state index contributed by atoms with van der Waals surface area (Å²) in [6.45, 7) is 1.80. The van der Waals surface area contributed by atoms with Gasteiger partial charge in [0.25, 0.3) is 5.91 Å². The van der Waals surface area contributed by atoms with Crippen LogP contribution >= 0.6 is 11.6 Å². The molecular weight excluding hydrogens is 228 g/mol. The Labute approximate surface area is 97.2 Å². The fourth-order valence-corrected chi connectivity index (χ4v) is 1.45. The molecule has 0 aliphatic rings. The number of furan rings is 1. The van der Waals surface area contributed by atoms with Gasteiger partial charge in [0.2, 0.25) is 0 Å². The van der Waals surface area contributed by atoms with Gasteiger partial charge in [-0.05, 0) is 25.1 Å². The second kappa shape index (κ2) is 4.37. The number of carbonyl (C=O) groups is 1. The number of carbonyl (C=O) groups excluding carboxylic acids is 1. The van der Waals surface area contributed by atoms with E-state index >= 15 is 0 Å². The number of amides is 1. The van der Waals surface area contributed by atoms with E-state index in [1.54, 1.807) is 25.1 Å². The maximum Gasteiger partial charge on any atom is 0.291 e. The van der Waals surface area contributed by atoms with Crippen molar-refractivity contribution in [3.05, 3.63) is 47.1 Å². The highest BCUT2D eigenvalue weighted by Crippen LogP contribution is 2.15. The lowest BCUT2D eigenvalue weighted by molar-refractivity contribution is 0.0996. The van der Waals surface area contributed by atoms with Crippen LogP contribution < -0.4 is 5.32 Å². The van der Waals surface area contributed by atoms with Crippen LogP contribution in [0, 0.1) is 6.92 Å². The highest BCUT2D eigenvalue weighted by atomic mass is 35.5. The van der Waals surface area contributed by atoms with Gasteiger partial charge in [-0.15, -0.1) is 0 Å². The molecule has 16 heavy (non-hydrogen) atoms. The molecule has 0 spiro atoms. The zero-order chi connectivity index (χ0) is 11.5. The van der Waals surface area contributed by atoms with Crippen LogP contribution in [0.25, 0.3) is 0 Å². The van der Waals surface area contributed by atoms with Crippen molar-refractivity contribution < 1.29 is 9.21 Å². The summed E-state index contributed by atoms with van der Waals surface area (Å²) >= 11 is 5.70. The van der Waals surface area contributed by atoms with Gasteiger partial charge in [-0.25, -0.2) is 4.98 Å². The third kappa shape index (κ3) is 2.23. The second-order valence-corrected chi connectivity index (χ2v) is 3.64. The summed E-state index contributed by atoms with van der Waals surface area (Å²) in [5.74, 6) is -0.00213. The van der Waals surface area contributed by atoms with Crippen molar-refractivity contribution in [3.8, 4) is 0 Å². The predicted molar refractivity (Wildman–Crippen MR) is 60.6 cm³/mol. The topological polar surface area (TPSA) is 55.1 Å². The van der Waals surface area contributed by atoms with E-state index in [0.29, 0.717) is 16.6 Å². The first-order valence-electron chi connectivity index (χ1n) is 4.64. The van der Waals surface area contributed by atoms with Gasteiger partial charge in [0.05, 0.1) is 6.26 Å². The van der Waals surface area contributed by atoms with Crippen LogP contribution in [0.4, 0.5) is 5.69 Å². The number of rotatable bonds is 2. The quantitative estimate of drug-likeness (QED) is 0.816. The summed E-state index contributed by atoms with van der Waals surface area (Å²) in [7, 11) is 0. The van der Waals surface area contributed by atoms with Crippen LogP contribution in [0.3, 0.4) is 0 Å². The van der Waals surface area contributed by atoms with E-state index in [1.807, 2.05) is 0 Å². The number of hydrogen-bond donors (Lipinski definition) is 1. The Morgan fingerprint density at radius 1 is 1.50 bits per heavy atom. The van der Waals surface area contributed by atoms with Crippen molar-refractivity contribution in [3.63, 3.8) is 0 Å². The largest absolute Gasteiger partial charge is 0.459 e. The highest BCUT2D eigenvalue weighted by Gasteiger charge is 2.12. The zero-order valence-corrected chi connectivity index (χ0v) is 9.28. The van der Waals surface area contributed by atoms with Crippen LogP contribution in [-0.4, -0.2) is 10.9 Å². The molecule has 0 atom stereocenters. The number of anilines is 1. The minimum absolute atomic E-state index is 0.299. The first-order chi connectivity index (χ1) is 7.66. The Morgan fingerprint density at radius 2 is 2.31 bits per heavy atom. The number of aryl methyl sites for hydroxylation is 1. The zero-order valence-electron chi connectivity index (χ0n) is 8.53. The molecule has 1 amide bonds. The molecule has 2 aromatic heterocycles. The Kier molecular flexibility index (Phi) is 2.92. The van der Waals surface area contributed by atoms with Gasteiger partial charge in [0.15, 0.2) is 5.76 Å². The second-order valence-electron chi connectivity index (χ2n) is 3.25. The lowest BCUT2D eigenvalue weighted by Gasteiger charge is -2.03. The van der Waals surface area contributed by atoms with E-state index < -0.39 is 0 Å². The van der Waals surface area contributed by atoms with E-state index in [9.17, 15) is 4.79 Å². The van der Waals surface area contributed by atoms with Gasteiger partial charge in [0.1, 0.15) is 5.15 Å². The number of halogens is 1. The molecule has 0 aliphatic carbocycles. The molecule has 2 heterocycles. The van der Waals surface area contributed by atoms with Crippen molar-refractivity contribution in [2.24, 2.45) is 0 Å². The molecule has 0 aromatic carbocycles. The molecular formula is C11H9ClN2O2. The summed E-state index contributed by atoms with van der Waals surface area (Å²) in [6, 6.07) is 4.95. The molecule has 4 nitrogen and oxygen atoms in total. The Morgan fingerprint density at radius 3 is 2.94 bits per heavy atom. The molecule has 5 heteroatoms. The van der Waals surface area contributed by atoms with Crippen LogP contribution in [0.15, 0.2) is 35.1 Å². The SMILES string of the molecule is Cc1ccoc1C(=O)Nc1ccnc(Cl)c1. The number of hydrogen-bond acceptors (Lipinski definition) is 3. The fraction of sp³-hybridized carbons (Fsp3) is 0.0909. The smallest absolute Gasteiger partial charge is 0.291 e. The predicted octanol–water partition coefficient (Wildman–Crippen LogP) is 2.89. The van der Waals surface area contributed by atoms with Gasteiger partial charge in [0, 0.05) is 17.4 Å². The standard InChI is InChI=1S/C11H9ClN2O2/c1-7-3-5-16-10(7)11(15)14-8-2-4-13-9(12)6-8/h2-6H,1H3,(H,13,14,15). The van der Waals surface area contributed by atoms with Gasteiger partial charge in [-0.2, -0.15) is 0 Å². The molecule has 0 unspecified atom stereocenters. The fourth-order valence-electron chi connectivity index (χ4n) is 1.27. The summed E-state index contributed by atoms with van der Waals surface area (Å²) in [5, 5.41) is 3.00. The van der Waals surface area contributed by atoms with Gasteiger partial charge in [-0.3, -0.25) is 4.79 Å². The number of aromatic nitrogens is 1. The summed E-state index contributed by atoms with van der Waals surface area (Å²) in [6.07, 6.45) is 3.00. The molecule has 2 rings (SSSR count). The third-order valence-electron chi connectivity index (χ3n) is 2.05. The molecule has 82 valence electrons. The summed E-state index contributed by atoms with van der Waals surface area (Å²) in [4.78, 5) is 15.6. The average Bonchev–Trinajstić information content (AvgIpc) is 2.64. The normalized spacial score (nSPS) is 10.1. The Bertz CT molecular complexity index is 522. The minimum Gasteiger partial charge on any atom is -0.459 e. The van der Waals surface area contributed by atoms with Crippen LogP contribution in [0.5, 0.6) is 0 Å². The summed E-state index contributed by atoms with van der Waals surface area (Å²) in [5.41, 5.74) is 1.37. The van der Waals surface area contributed by atoms with Crippen molar-refractivity contribution >= 4 is 23.2 Å². The Balaban J connectivity index is 2.17. The molecule has 0 aliphatic heterocycles. The van der Waals surface area contributed by atoms with Crippen LogP contribution in [-0.2, 0) is 0 Å². The highest BCUT2D eigenvalue weighted by molar-refractivity contribution is 6.29. The minimum atomic E-state index is -0.301. The molecule has 0 radical (unpaired) electrons. The molecule has 0 bridgehead atoms. The van der Waals surface area contributed by atoms with Crippen molar-refractivity contribution in [1.29, 1.82) is 0 Å². The van der Waals surface area contributed by atoms with Crippen molar-refractivity contribution in [1.82, 2.24) is 4.98 Å². The molecule has 2 aromatic rings. The van der Waals surface area contributed by atoms with Gasteiger partial charge >= 0.3 is 0 Å². The van der Waals surface area contributed by atoms with E-state index in [1.165, 1.54) is 12.5 Å². The van der Waals surface area contributed by atoms with E-state index in [-0.39, 0.29) is 5.91 Å². The Hall–Kier alpha value is -1.81. The van der Waals surface area contributed by atoms with E-state index in [4.69, 9.17) is 16.0 Å². The lowest BCUT2D eigenvalue weighted by atomic mass is 10.2. The van der Waals surface area contributed by atoms with E-state index in [2.05, 4.69) is 10.3 Å². The first-order valence-corrected chi connectivity index (χ1v) is 5.01. The van der Waals surface area contributed by atoms with Gasteiger partial charge in [-0.1, -0.05) is 11.6 Å². The number of pyridine rings is 1. The summed E-state index contributed by atoms with van der Waals surface area (Å²) < 4.78 is 5.07. The average molecular weight is 237 g/mol. The maximum absolute atomic E-state index is 11.7. The lowest BCUT2D eigenvalue weighted by Crippen LogP contribution is -2.12. The van der Waals surface area contributed by atoms with Gasteiger partial charge < -0.3 is 9.73 Å². The van der Waals surface area contributed by atoms with Crippen molar-refractivity contribution in [2.45, 2.75) is 6.92 Å². The molecule has 0 fully saturated rings. The van der Waals surface area contributed by atoms with Crippen molar-refractivity contribution in [2.75, 3.05) is 5.32 Å². The van der Waals surface area contributed by atoms with Crippen LogP contribution in [0.2, 0.25) is 5.15 Å².